The molecule has 8 heteroatoms. The van der Waals surface area contributed by atoms with Gasteiger partial charge < -0.3 is 19.7 Å². The van der Waals surface area contributed by atoms with E-state index < -0.39 is 12.3 Å². The number of halogens is 1. The number of hydrogen-bond donors (Lipinski definition) is 2. The third kappa shape index (κ3) is 3.55. The summed E-state index contributed by atoms with van der Waals surface area (Å²) in [6, 6.07) is 8.87. The zero-order valence-corrected chi connectivity index (χ0v) is 15.8. The summed E-state index contributed by atoms with van der Waals surface area (Å²) in [5.74, 6) is 0.394. The lowest BCUT2D eigenvalue weighted by Gasteiger charge is -2.42. The first-order chi connectivity index (χ1) is 14.2. The van der Waals surface area contributed by atoms with E-state index in [4.69, 9.17) is 4.74 Å². The lowest BCUT2D eigenvalue weighted by Crippen LogP contribution is -2.59. The van der Waals surface area contributed by atoms with Crippen LogP contribution >= 0.6 is 0 Å². The second-order valence-corrected chi connectivity index (χ2v) is 7.67. The molecule has 5 rings (SSSR count). The molecular weight excluding hydrogens is 373 g/mol. The van der Waals surface area contributed by atoms with Crippen LogP contribution in [0.5, 0.6) is 11.6 Å². The Morgan fingerprint density at radius 1 is 1.17 bits per heavy atom. The van der Waals surface area contributed by atoms with Gasteiger partial charge in [-0.25, -0.2) is 9.37 Å². The number of benzene rings is 1. The maximum atomic E-state index is 14.7. The van der Waals surface area contributed by atoms with Gasteiger partial charge in [-0.05, 0) is 31.0 Å². The quantitative estimate of drug-likeness (QED) is 0.706. The van der Waals surface area contributed by atoms with E-state index in [9.17, 15) is 9.50 Å². The molecule has 150 valence electrons. The SMILES string of the molecule is Oc1cc(-n2ccnc2)ccc1-c1ccc(O[C@@H]2CC3CCCC(N3)[C@H]2F)nn1. The molecule has 0 aliphatic carbocycles. The van der Waals surface area contributed by atoms with Crippen LogP contribution < -0.4 is 10.1 Å². The van der Waals surface area contributed by atoms with Gasteiger partial charge in [0.15, 0.2) is 6.17 Å². The molecule has 2 fully saturated rings. The number of ether oxygens (including phenoxy) is 1. The Balaban J connectivity index is 1.31. The number of aromatic hydroxyl groups is 1. The summed E-state index contributed by atoms with van der Waals surface area (Å²) in [7, 11) is 0. The Morgan fingerprint density at radius 3 is 2.86 bits per heavy atom. The van der Waals surface area contributed by atoms with Gasteiger partial charge in [0.25, 0.3) is 0 Å². The minimum Gasteiger partial charge on any atom is -0.507 e. The van der Waals surface area contributed by atoms with Crippen LogP contribution in [0.3, 0.4) is 0 Å². The van der Waals surface area contributed by atoms with Crippen LogP contribution in [0.2, 0.25) is 0 Å². The van der Waals surface area contributed by atoms with Crippen LogP contribution in [0.25, 0.3) is 16.9 Å². The number of nitrogens with zero attached hydrogens (tertiary/aromatic N) is 4. The summed E-state index contributed by atoms with van der Waals surface area (Å²) in [5.41, 5.74) is 1.88. The molecule has 0 amide bonds. The molecule has 2 saturated heterocycles. The van der Waals surface area contributed by atoms with E-state index in [-0.39, 0.29) is 11.8 Å². The summed E-state index contributed by atoms with van der Waals surface area (Å²) in [6.45, 7) is 0. The van der Waals surface area contributed by atoms with Crippen LogP contribution in [0, 0.1) is 0 Å². The Morgan fingerprint density at radius 2 is 2.10 bits per heavy atom. The highest BCUT2D eigenvalue weighted by atomic mass is 19.1. The summed E-state index contributed by atoms with van der Waals surface area (Å²) >= 11 is 0. The van der Waals surface area contributed by atoms with E-state index in [0.29, 0.717) is 29.6 Å². The second-order valence-electron chi connectivity index (χ2n) is 7.67. The van der Waals surface area contributed by atoms with Crippen molar-refractivity contribution >= 4 is 0 Å². The van der Waals surface area contributed by atoms with Crippen molar-refractivity contribution in [3.05, 3.63) is 49.1 Å². The van der Waals surface area contributed by atoms with Crippen molar-refractivity contribution in [1.82, 2.24) is 25.1 Å². The van der Waals surface area contributed by atoms with Crippen molar-refractivity contribution in [2.45, 2.75) is 50.0 Å². The average Bonchev–Trinajstić information content (AvgIpc) is 3.28. The predicted molar refractivity (Wildman–Crippen MR) is 105 cm³/mol. The fourth-order valence-corrected chi connectivity index (χ4v) is 4.26. The zero-order chi connectivity index (χ0) is 19.8. The molecular formula is C21H22FN5O2. The number of hydrogen-bond acceptors (Lipinski definition) is 6. The number of phenolic OH excluding ortho intramolecular Hbond substituents is 1. The van der Waals surface area contributed by atoms with Crippen LogP contribution in [-0.4, -0.2) is 49.2 Å². The lowest BCUT2D eigenvalue weighted by molar-refractivity contribution is 0.00652. The van der Waals surface area contributed by atoms with E-state index in [0.717, 1.165) is 24.9 Å². The van der Waals surface area contributed by atoms with Gasteiger partial charge in [-0.15, -0.1) is 10.2 Å². The van der Waals surface area contributed by atoms with E-state index in [1.54, 1.807) is 47.6 Å². The van der Waals surface area contributed by atoms with Gasteiger partial charge in [-0.2, -0.15) is 0 Å². The van der Waals surface area contributed by atoms with Gasteiger partial charge in [0.2, 0.25) is 5.88 Å². The Labute approximate surface area is 167 Å². The molecule has 0 spiro atoms. The molecule has 2 aliphatic rings. The van der Waals surface area contributed by atoms with Crippen LogP contribution in [0.1, 0.15) is 25.7 Å². The van der Waals surface area contributed by atoms with Crippen LogP contribution in [0.15, 0.2) is 49.1 Å². The molecule has 0 radical (unpaired) electrons. The third-order valence-electron chi connectivity index (χ3n) is 5.75. The molecule has 0 saturated carbocycles. The predicted octanol–water partition coefficient (Wildman–Crippen LogP) is 3.03. The summed E-state index contributed by atoms with van der Waals surface area (Å²) < 4.78 is 22.3. The third-order valence-corrected chi connectivity index (χ3v) is 5.75. The first kappa shape index (κ1) is 18.1. The van der Waals surface area contributed by atoms with Crippen molar-refractivity contribution in [3.63, 3.8) is 0 Å². The number of rotatable bonds is 4. The summed E-state index contributed by atoms with van der Waals surface area (Å²) in [5, 5.41) is 22.0. The normalized spacial score (nSPS) is 26.2. The number of fused-ring (bicyclic) bond motifs is 2. The van der Waals surface area contributed by atoms with Gasteiger partial charge in [0.1, 0.15) is 11.9 Å². The van der Waals surface area contributed by atoms with Crippen molar-refractivity contribution in [2.24, 2.45) is 0 Å². The van der Waals surface area contributed by atoms with Crippen molar-refractivity contribution < 1.29 is 14.2 Å². The number of alkyl halides is 1. The van der Waals surface area contributed by atoms with E-state index in [2.05, 4.69) is 20.5 Å². The molecule has 4 atom stereocenters. The van der Waals surface area contributed by atoms with Gasteiger partial charge >= 0.3 is 0 Å². The summed E-state index contributed by atoms with van der Waals surface area (Å²) in [4.78, 5) is 4.00. The van der Waals surface area contributed by atoms with E-state index >= 15 is 0 Å². The average molecular weight is 395 g/mol. The number of aromatic nitrogens is 4. The van der Waals surface area contributed by atoms with E-state index in [1.165, 1.54) is 0 Å². The Kier molecular flexibility index (Phi) is 4.63. The standard InChI is InChI=1S/C21H22FN5O2/c22-21-17-3-1-2-13(24-17)10-19(21)29-20-7-6-16(25-26-20)15-5-4-14(11-18(15)28)27-9-8-23-12-27/h4-9,11-13,17,19,21,24,28H,1-3,10H2/t13?,17?,19-,21-/m1/s1. The van der Waals surface area contributed by atoms with Crippen molar-refractivity contribution in [2.75, 3.05) is 0 Å². The second kappa shape index (κ2) is 7.44. The Bertz CT molecular complexity index is 979. The highest BCUT2D eigenvalue weighted by Gasteiger charge is 2.41. The largest absolute Gasteiger partial charge is 0.507 e. The number of imidazole rings is 1. The van der Waals surface area contributed by atoms with Crippen molar-refractivity contribution in [1.29, 1.82) is 0 Å². The Hall–Kier alpha value is -3.00. The molecule has 1 aromatic carbocycles. The van der Waals surface area contributed by atoms with Gasteiger partial charge in [-0.3, -0.25) is 0 Å². The number of piperidine rings is 2. The smallest absolute Gasteiger partial charge is 0.233 e. The van der Waals surface area contributed by atoms with Gasteiger partial charge in [0, 0.05) is 48.6 Å². The molecule has 2 N–H and O–H groups in total. The maximum Gasteiger partial charge on any atom is 0.233 e. The highest BCUT2D eigenvalue weighted by Crippen LogP contribution is 2.32. The van der Waals surface area contributed by atoms with Gasteiger partial charge in [-0.1, -0.05) is 6.42 Å². The maximum absolute atomic E-state index is 14.7. The molecule has 4 heterocycles. The number of nitrogens with one attached hydrogen (secondary N) is 1. The summed E-state index contributed by atoms with van der Waals surface area (Å²) in [6.07, 6.45) is 7.18. The molecule has 2 unspecified atom stereocenters. The first-order valence-electron chi connectivity index (χ1n) is 9.89. The fourth-order valence-electron chi connectivity index (χ4n) is 4.26. The molecule has 3 aromatic rings. The number of phenols is 1. The minimum atomic E-state index is -1.05. The molecule has 2 bridgehead atoms. The van der Waals surface area contributed by atoms with Crippen LogP contribution in [-0.2, 0) is 0 Å². The minimum absolute atomic E-state index is 0.0918. The van der Waals surface area contributed by atoms with Crippen molar-refractivity contribution in [3.8, 4) is 28.6 Å². The lowest BCUT2D eigenvalue weighted by atomic mass is 9.84. The molecule has 29 heavy (non-hydrogen) atoms. The molecule has 2 aromatic heterocycles. The molecule has 7 nitrogen and oxygen atoms in total. The zero-order valence-electron chi connectivity index (χ0n) is 15.8. The van der Waals surface area contributed by atoms with E-state index in [1.807, 2.05) is 6.07 Å². The van der Waals surface area contributed by atoms with Gasteiger partial charge in [0.05, 0.1) is 17.7 Å². The monoisotopic (exact) mass is 395 g/mol. The fraction of sp³-hybridized carbons (Fsp3) is 0.381. The van der Waals surface area contributed by atoms with Crippen LogP contribution in [0.4, 0.5) is 4.39 Å². The molecule has 2 aliphatic heterocycles. The first-order valence-corrected chi connectivity index (χ1v) is 9.89. The highest BCUT2D eigenvalue weighted by molar-refractivity contribution is 5.68. The topological polar surface area (TPSA) is 85.1 Å².